The van der Waals surface area contributed by atoms with E-state index < -0.39 is 17.6 Å². The lowest BCUT2D eigenvalue weighted by Gasteiger charge is -2.21. The van der Waals surface area contributed by atoms with Crippen molar-refractivity contribution in [3.63, 3.8) is 0 Å². The van der Waals surface area contributed by atoms with Crippen LogP contribution >= 0.6 is 0 Å². The number of rotatable bonds is 16. The van der Waals surface area contributed by atoms with Gasteiger partial charge in [0, 0.05) is 18.9 Å². The summed E-state index contributed by atoms with van der Waals surface area (Å²) in [6, 6.07) is 31.3. The molecule has 1 atom stereocenters. The Morgan fingerprint density at radius 1 is 0.651 bits per heavy atom. The molecule has 5 aromatic rings. The summed E-state index contributed by atoms with van der Waals surface area (Å²) >= 11 is 0. The highest BCUT2D eigenvalue weighted by Gasteiger charge is 2.37. The Morgan fingerprint density at radius 3 is 1.62 bits per heavy atom. The molecule has 63 heavy (non-hydrogen) atoms. The number of carbonyl (C=O) groups excluding carboxylic acids is 2. The lowest BCUT2D eigenvalue weighted by Crippen LogP contribution is -2.37. The Morgan fingerprint density at radius 2 is 1.13 bits per heavy atom. The van der Waals surface area contributed by atoms with Crippen molar-refractivity contribution in [1.29, 1.82) is 0 Å². The Bertz CT molecular complexity index is 2360. The largest absolute Gasteiger partial charge is 0.497 e. The average Bonchev–Trinajstić information content (AvgIpc) is 3.65. The van der Waals surface area contributed by atoms with Crippen molar-refractivity contribution in [3.8, 4) is 11.5 Å². The lowest BCUT2D eigenvalue weighted by molar-refractivity contribution is -0.152. The number of benzene rings is 4. The molecular formula is C52H66N4O7. The van der Waals surface area contributed by atoms with Gasteiger partial charge in [-0.25, -0.2) is 14.4 Å². The topological polar surface area (TPSA) is 132 Å². The third-order valence-electron chi connectivity index (χ3n) is 11.5. The summed E-state index contributed by atoms with van der Waals surface area (Å²) < 4.78 is 14.2. The van der Waals surface area contributed by atoms with Crippen molar-refractivity contribution in [2.45, 2.75) is 129 Å². The number of methoxy groups -OCH3 is 1. The average molecular weight is 859 g/mol. The lowest BCUT2D eigenvalue weighted by atomic mass is 9.87. The van der Waals surface area contributed by atoms with Gasteiger partial charge in [0.25, 0.3) is 5.91 Å². The smallest absolute Gasteiger partial charge is 0.347 e. The number of nitrogens with one attached hydrogen (secondary N) is 1. The zero-order valence-electron chi connectivity index (χ0n) is 38.8. The summed E-state index contributed by atoms with van der Waals surface area (Å²) in [5.74, 6) is 0.227. The second-order valence-electron chi connectivity index (χ2n) is 19.1. The Balaban J connectivity index is 0.000000240. The summed E-state index contributed by atoms with van der Waals surface area (Å²) in [7, 11) is 3.47. The molecule has 0 aliphatic carbocycles. The van der Waals surface area contributed by atoms with Crippen molar-refractivity contribution < 1.29 is 29.0 Å². The van der Waals surface area contributed by atoms with Crippen LogP contribution in [-0.4, -0.2) is 55.8 Å². The van der Waals surface area contributed by atoms with Crippen molar-refractivity contribution in [3.05, 3.63) is 153 Å². The van der Waals surface area contributed by atoms with Crippen LogP contribution in [0.2, 0.25) is 0 Å². The van der Waals surface area contributed by atoms with Gasteiger partial charge in [-0.05, 0) is 121 Å². The first-order valence-electron chi connectivity index (χ1n) is 21.8. The van der Waals surface area contributed by atoms with Gasteiger partial charge in [0.15, 0.2) is 5.60 Å². The van der Waals surface area contributed by atoms with Gasteiger partial charge in [-0.3, -0.25) is 18.8 Å². The van der Waals surface area contributed by atoms with E-state index in [0.717, 1.165) is 60.2 Å². The van der Waals surface area contributed by atoms with E-state index in [4.69, 9.17) is 9.47 Å². The molecule has 0 spiro atoms. The van der Waals surface area contributed by atoms with Gasteiger partial charge in [0.2, 0.25) is 0 Å². The number of aromatic nitrogens is 2. The first-order chi connectivity index (χ1) is 29.6. The quantitative estimate of drug-likeness (QED) is 0.0946. The molecule has 2 N–H and O–H groups in total. The number of carboxylic acid groups (broad SMARTS) is 1. The van der Waals surface area contributed by atoms with Crippen LogP contribution in [0.3, 0.4) is 0 Å². The van der Waals surface area contributed by atoms with Crippen molar-refractivity contribution in [1.82, 2.24) is 19.4 Å². The molecule has 4 aromatic carbocycles. The summed E-state index contributed by atoms with van der Waals surface area (Å²) in [5.41, 5.74) is 6.85. The molecule has 2 heterocycles. The van der Waals surface area contributed by atoms with Crippen molar-refractivity contribution >= 4 is 17.9 Å². The summed E-state index contributed by atoms with van der Waals surface area (Å²) in [6.07, 6.45) is 6.84. The molecule has 0 bridgehead atoms. The number of urea groups is 1. The first kappa shape index (κ1) is 47.9. The maximum absolute atomic E-state index is 12.7. The van der Waals surface area contributed by atoms with E-state index in [1.54, 1.807) is 28.4 Å². The van der Waals surface area contributed by atoms with Gasteiger partial charge in [-0.15, -0.1) is 0 Å². The predicted octanol–water partition coefficient (Wildman–Crippen LogP) is 9.39. The number of ether oxygens (including phenoxy) is 2. The summed E-state index contributed by atoms with van der Waals surface area (Å²) in [6.45, 7) is 17.0. The third kappa shape index (κ3) is 13.2. The minimum absolute atomic E-state index is 0.00237. The van der Waals surface area contributed by atoms with Gasteiger partial charge in [0.1, 0.15) is 17.5 Å². The van der Waals surface area contributed by atoms with Crippen molar-refractivity contribution in [2.75, 3.05) is 7.11 Å². The van der Waals surface area contributed by atoms with Crippen LogP contribution in [0.25, 0.3) is 0 Å². The monoisotopic (exact) mass is 858 g/mol. The summed E-state index contributed by atoms with van der Waals surface area (Å²) in [5, 5.41) is 12.0. The zero-order chi connectivity index (χ0) is 46.1. The van der Waals surface area contributed by atoms with E-state index in [9.17, 15) is 24.3 Å². The Hall–Kier alpha value is -6.10. The van der Waals surface area contributed by atoms with Crippen LogP contribution in [0.1, 0.15) is 114 Å². The van der Waals surface area contributed by atoms with Crippen LogP contribution in [0.5, 0.6) is 11.5 Å². The van der Waals surface area contributed by atoms with E-state index in [1.807, 2.05) is 61.8 Å². The fourth-order valence-electron chi connectivity index (χ4n) is 7.34. The zero-order valence-corrected chi connectivity index (χ0v) is 38.8. The molecule has 336 valence electrons. The van der Waals surface area contributed by atoms with Gasteiger partial charge >= 0.3 is 17.7 Å². The van der Waals surface area contributed by atoms with Crippen LogP contribution in [-0.2, 0) is 59.8 Å². The number of nitrogens with zero attached hydrogens (tertiary/aromatic N) is 3. The second-order valence-corrected chi connectivity index (χ2v) is 19.1. The number of imide groups is 1. The molecule has 1 unspecified atom stereocenters. The Labute approximate surface area is 373 Å². The van der Waals surface area contributed by atoms with Crippen LogP contribution in [0, 0.1) is 0 Å². The molecule has 1 aromatic heterocycles. The first-order valence-corrected chi connectivity index (χ1v) is 21.8. The minimum atomic E-state index is -1.27. The molecule has 11 heteroatoms. The highest BCUT2D eigenvalue weighted by Crippen LogP contribution is 2.25. The van der Waals surface area contributed by atoms with Crippen LogP contribution in [0.15, 0.2) is 108 Å². The van der Waals surface area contributed by atoms with E-state index in [1.165, 1.54) is 35.4 Å². The fraction of sp³-hybridized carbons (Fsp3) is 0.423. The van der Waals surface area contributed by atoms with E-state index in [0.29, 0.717) is 25.3 Å². The Kier molecular flexibility index (Phi) is 15.5. The number of imidazole rings is 1. The SMILES string of the molecule is COc1ccc(CCCC2NC(=O)N(Cc3ccc(C(C)(C)C)cc3)C2=O)cc1.Cn1c(CCCc2ccc(OC(C)(C)C(=O)O)cc2)cn(Cc2ccc(C(C)(C)C)cc2)c1=O. The highest BCUT2D eigenvalue weighted by atomic mass is 16.5. The van der Waals surface area contributed by atoms with Gasteiger partial charge in [-0.1, -0.05) is 114 Å². The normalized spacial score (nSPS) is 14.3. The van der Waals surface area contributed by atoms with Crippen LogP contribution in [0.4, 0.5) is 4.79 Å². The number of carbonyl (C=O) groups is 3. The standard InChI is InChI=1S/C28H36N2O4.C24H30N2O3/c1-27(2,3)22-14-10-21(11-15-22)18-30-19-23(29(6)26(30)33)9-7-8-20-12-16-24(17-13-20)34-28(4,5)25(31)32;1-24(2,3)19-12-8-18(9-13-19)16-26-22(27)21(25-23(26)28)7-5-6-17-10-14-20(29-4)15-11-17/h10-17,19H,7-9,18H2,1-6H3,(H,31,32);8-15,21H,5-7,16H2,1-4H3,(H,25,28). The number of amides is 3. The molecule has 1 aliphatic rings. The molecule has 6 rings (SSSR count). The number of aryl methyl sites for hydroxylation is 3. The third-order valence-corrected chi connectivity index (χ3v) is 11.5. The molecule has 0 radical (unpaired) electrons. The number of hydrogen-bond acceptors (Lipinski definition) is 6. The van der Waals surface area contributed by atoms with Gasteiger partial charge < -0.3 is 19.9 Å². The van der Waals surface area contributed by atoms with Gasteiger partial charge in [-0.2, -0.15) is 0 Å². The highest BCUT2D eigenvalue weighted by molar-refractivity contribution is 6.04. The fourth-order valence-corrected chi connectivity index (χ4v) is 7.34. The molecular weight excluding hydrogens is 793 g/mol. The number of carboxylic acids is 1. The second kappa shape index (κ2) is 20.4. The maximum atomic E-state index is 12.7. The number of hydrogen-bond donors (Lipinski definition) is 2. The molecule has 1 saturated heterocycles. The maximum Gasteiger partial charge on any atom is 0.347 e. The predicted molar refractivity (Wildman–Crippen MR) is 249 cm³/mol. The number of aliphatic carboxylic acids is 1. The van der Waals surface area contributed by atoms with E-state index in [-0.39, 0.29) is 28.5 Å². The molecule has 1 fully saturated rings. The van der Waals surface area contributed by atoms with Crippen molar-refractivity contribution in [2.24, 2.45) is 7.05 Å². The molecule has 3 amide bonds. The molecule has 1 aliphatic heterocycles. The minimum Gasteiger partial charge on any atom is -0.497 e. The van der Waals surface area contributed by atoms with E-state index in [2.05, 4.69) is 83.3 Å². The van der Waals surface area contributed by atoms with Crippen LogP contribution < -0.4 is 20.5 Å². The van der Waals surface area contributed by atoms with E-state index >= 15 is 0 Å². The molecule has 11 nitrogen and oxygen atoms in total. The van der Waals surface area contributed by atoms with Gasteiger partial charge in [0.05, 0.1) is 20.2 Å². The summed E-state index contributed by atoms with van der Waals surface area (Å²) in [4.78, 5) is 50.3. The molecule has 0 saturated carbocycles.